The van der Waals surface area contributed by atoms with Crippen LogP contribution in [0.3, 0.4) is 0 Å². The second kappa shape index (κ2) is 16.7. The van der Waals surface area contributed by atoms with E-state index in [4.69, 9.17) is 0 Å². The lowest BCUT2D eigenvalue weighted by Crippen LogP contribution is -2.67. The highest BCUT2D eigenvalue weighted by Gasteiger charge is 2.66. The van der Waals surface area contributed by atoms with E-state index in [1.165, 1.54) is 0 Å². The fourth-order valence-corrected chi connectivity index (χ4v) is 5.94. The van der Waals surface area contributed by atoms with Crippen LogP contribution in [0.5, 0.6) is 0 Å². The Morgan fingerprint density at radius 3 is 1.40 bits per heavy atom. The van der Waals surface area contributed by atoms with Crippen LogP contribution in [-0.4, -0.2) is 75.4 Å². The van der Waals surface area contributed by atoms with Crippen molar-refractivity contribution in [3.8, 4) is 0 Å². The Hall–Kier alpha value is -0.440. The predicted molar refractivity (Wildman–Crippen MR) is 171 cm³/mol. The van der Waals surface area contributed by atoms with Crippen LogP contribution in [0.2, 0.25) is 0 Å². The summed E-state index contributed by atoms with van der Waals surface area (Å²) in [5.74, 6) is -8.20. The van der Waals surface area contributed by atoms with Crippen LogP contribution < -0.4 is 0 Å². The van der Waals surface area contributed by atoms with E-state index in [0.717, 1.165) is 19.4 Å². The third kappa shape index (κ3) is 9.78. The van der Waals surface area contributed by atoms with Gasteiger partial charge in [0.15, 0.2) is 5.79 Å². The largest absolute Gasteiger partial charge is 0.364 e. The van der Waals surface area contributed by atoms with Gasteiger partial charge >= 0.3 is 0 Å². The molecule has 256 valence electrons. The fraction of sp³-hybridized carbons (Fsp3) is 1.00. The van der Waals surface area contributed by atoms with Crippen molar-refractivity contribution < 1.29 is 27.8 Å². The maximum Gasteiger partial charge on any atom is 0.252 e. The van der Waals surface area contributed by atoms with Crippen molar-refractivity contribution in [1.82, 2.24) is 9.80 Å². The smallest absolute Gasteiger partial charge is 0.252 e. The maximum absolute atomic E-state index is 13.2. The standard InChI is InChI=1S/C15H27F2NO2.C11H19F2N.4C2H6/c1-10(2)15(19,20)13(5)12(3,4)6-7-18(13)9-11-8-14(11,16)17;1-8-10(2,3)4-5-14(8)7-9-6-11(9,12)13;4*1-2/h10-11,19-20H,6-9H2,1-5H3;8-9H,4-7H2,1-3H3;4*1-2H3. The van der Waals surface area contributed by atoms with Crippen molar-refractivity contribution in [2.45, 2.75) is 166 Å². The minimum Gasteiger partial charge on any atom is -0.364 e. The Kier molecular flexibility index (Phi) is 17.4. The number of rotatable bonds is 6. The molecule has 4 fully saturated rings. The topological polar surface area (TPSA) is 46.9 Å². The Balaban J connectivity index is 0. The lowest BCUT2D eigenvalue weighted by Gasteiger charge is -2.53. The average molecular weight is 615 g/mol. The molecule has 2 N–H and O–H groups in total. The molecule has 0 aromatic carbocycles. The van der Waals surface area contributed by atoms with Crippen molar-refractivity contribution in [1.29, 1.82) is 0 Å². The Morgan fingerprint density at radius 1 is 0.714 bits per heavy atom. The average Bonchev–Trinajstić information content (AvgIpc) is 3.69. The van der Waals surface area contributed by atoms with Crippen molar-refractivity contribution in [3.05, 3.63) is 0 Å². The predicted octanol–water partition coefficient (Wildman–Crippen LogP) is 9.34. The van der Waals surface area contributed by atoms with Gasteiger partial charge in [-0.2, -0.15) is 0 Å². The van der Waals surface area contributed by atoms with E-state index in [-0.39, 0.29) is 36.6 Å². The summed E-state index contributed by atoms with van der Waals surface area (Å²) in [7, 11) is 0. The van der Waals surface area contributed by atoms with Gasteiger partial charge in [0, 0.05) is 49.7 Å². The second-order valence-electron chi connectivity index (χ2n) is 13.3. The van der Waals surface area contributed by atoms with Gasteiger partial charge in [0.25, 0.3) is 11.8 Å². The lowest BCUT2D eigenvalue weighted by atomic mass is 9.66. The molecule has 0 aromatic rings. The van der Waals surface area contributed by atoms with E-state index >= 15 is 0 Å². The molecular weight excluding hydrogens is 544 g/mol. The highest BCUT2D eigenvalue weighted by molar-refractivity contribution is 5.14. The van der Waals surface area contributed by atoms with Gasteiger partial charge in [-0.1, -0.05) is 96.9 Å². The van der Waals surface area contributed by atoms with Gasteiger partial charge in [0.1, 0.15) is 0 Å². The van der Waals surface area contributed by atoms with Crippen molar-refractivity contribution >= 4 is 0 Å². The van der Waals surface area contributed by atoms with Crippen LogP contribution in [-0.2, 0) is 0 Å². The summed E-state index contributed by atoms with van der Waals surface area (Å²) in [5.41, 5.74) is -0.970. The fourth-order valence-electron chi connectivity index (χ4n) is 5.94. The highest BCUT2D eigenvalue weighted by Crippen LogP contribution is 2.56. The number of hydrogen-bond donors (Lipinski definition) is 2. The van der Waals surface area contributed by atoms with Gasteiger partial charge in [-0.3, -0.25) is 9.80 Å². The summed E-state index contributed by atoms with van der Waals surface area (Å²) in [4.78, 5) is 4.10. The van der Waals surface area contributed by atoms with Crippen molar-refractivity contribution in [3.63, 3.8) is 0 Å². The number of alkyl halides is 4. The summed E-state index contributed by atoms with van der Waals surface area (Å²) in [5, 5.41) is 21.3. The molecule has 2 aliphatic heterocycles. The minimum atomic E-state index is -2.57. The maximum atomic E-state index is 13.2. The normalized spacial score (nSPS) is 31.4. The van der Waals surface area contributed by atoms with Crippen LogP contribution in [0.1, 0.15) is 136 Å². The zero-order valence-corrected chi connectivity index (χ0v) is 30.3. The molecule has 0 bridgehead atoms. The summed E-state index contributed by atoms with van der Waals surface area (Å²) in [6.07, 6.45) is 1.94. The van der Waals surface area contributed by atoms with Gasteiger partial charge < -0.3 is 10.2 Å². The first-order chi connectivity index (χ1) is 19.2. The molecule has 4 atom stereocenters. The van der Waals surface area contributed by atoms with Crippen molar-refractivity contribution in [2.24, 2.45) is 28.6 Å². The number of likely N-dealkylation sites (tertiary alicyclic amines) is 2. The first-order valence-electron chi connectivity index (χ1n) is 16.9. The Labute approximate surface area is 258 Å². The third-order valence-electron chi connectivity index (χ3n) is 10.0. The third-order valence-corrected chi connectivity index (χ3v) is 10.0. The van der Waals surface area contributed by atoms with Gasteiger partial charge in [-0.05, 0) is 50.6 Å². The van der Waals surface area contributed by atoms with Crippen LogP contribution in [0.15, 0.2) is 0 Å². The molecule has 0 amide bonds. The molecule has 2 aliphatic carbocycles. The highest BCUT2D eigenvalue weighted by atomic mass is 19.3. The van der Waals surface area contributed by atoms with Crippen LogP contribution in [0.25, 0.3) is 0 Å². The molecule has 0 aromatic heterocycles. The second-order valence-corrected chi connectivity index (χ2v) is 13.3. The van der Waals surface area contributed by atoms with Crippen LogP contribution in [0, 0.1) is 28.6 Å². The van der Waals surface area contributed by atoms with Gasteiger partial charge in [-0.15, -0.1) is 0 Å². The molecule has 4 nitrogen and oxygen atoms in total. The molecule has 2 saturated carbocycles. The van der Waals surface area contributed by atoms with E-state index in [1.54, 1.807) is 20.8 Å². The lowest BCUT2D eigenvalue weighted by molar-refractivity contribution is -0.283. The van der Waals surface area contributed by atoms with E-state index in [0.29, 0.717) is 24.5 Å². The molecule has 0 radical (unpaired) electrons. The Morgan fingerprint density at radius 2 is 1.10 bits per heavy atom. The minimum absolute atomic E-state index is 0.0778. The molecule has 4 aliphatic rings. The monoisotopic (exact) mass is 615 g/mol. The first kappa shape index (κ1) is 43.7. The number of hydrogen-bond acceptors (Lipinski definition) is 4. The number of halogens is 4. The van der Waals surface area contributed by atoms with Gasteiger partial charge in [0.05, 0.1) is 5.54 Å². The number of nitrogens with zero attached hydrogens (tertiary/aromatic N) is 2. The molecule has 2 saturated heterocycles. The molecule has 4 rings (SSSR count). The zero-order valence-electron chi connectivity index (χ0n) is 30.3. The van der Waals surface area contributed by atoms with Crippen LogP contribution >= 0.6 is 0 Å². The summed E-state index contributed by atoms with van der Waals surface area (Å²) < 4.78 is 51.9. The molecule has 8 heteroatoms. The zero-order chi connectivity index (χ0) is 34.1. The summed E-state index contributed by atoms with van der Waals surface area (Å²) >= 11 is 0. The van der Waals surface area contributed by atoms with E-state index < -0.39 is 29.1 Å². The number of aliphatic hydroxyl groups is 2. The molecule has 42 heavy (non-hydrogen) atoms. The SMILES string of the molecule is CC.CC.CC.CC.CC(C)C(O)(O)C1(C)N(CC2CC2(F)F)CCC1(C)C.CC1N(CC2CC2(F)F)CCC1(C)C. The van der Waals surface area contributed by atoms with E-state index in [9.17, 15) is 27.8 Å². The van der Waals surface area contributed by atoms with E-state index in [2.05, 4.69) is 25.7 Å². The van der Waals surface area contributed by atoms with Crippen LogP contribution in [0.4, 0.5) is 17.6 Å². The van der Waals surface area contributed by atoms with E-state index in [1.807, 2.05) is 74.1 Å². The van der Waals surface area contributed by atoms with Gasteiger partial charge in [0.2, 0.25) is 0 Å². The summed E-state index contributed by atoms with van der Waals surface area (Å²) in [6, 6.07) is 0.443. The van der Waals surface area contributed by atoms with Crippen molar-refractivity contribution in [2.75, 3.05) is 26.2 Å². The van der Waals surface area contributed by atoms with Gasteiger partial charge in [-0.25, -0.2) is 17.6 Å². The molecular formula is C34H70F4N2O2. The molecule has 2 heterocycles. The quantitative estimate of drug-likeness (QED) is 0.231. The Bertz CT molecular complexity index is 758. The molecule has 0 spiro atoms. The molecule has 4 unspecified atom stereocenters. The first-order valence-corrected chi connectivity index (χ1v) is 16.9. The summed E-state index contributed by atoms with van der Waals surface area (Å²) in [6.45, 7) is 34.3.